The highest BCUT2D eigenvalue weighted by molar-refractivity contribution is 5.76. The SMILES string of the molecule is Nc1n[nH]c(C2C3CCCC32)c1-c1cccnc1. The molecule has 0 bridgehead atoms. The van der Waals surface area contributed by atoms with Crippen molar-refractivity contribution in [2.24, 2.45) is 11.8 Å². The van der Waals surface area contributed by atoms with Gasteiger partial charge < -0.3 is 5.73 Å². The van der Waals surface area contributed by atoms with Crippen LogP contribution in [0.5, 0.6) is 0 Å². The Morgan fingerprint density at radius 1 is 1.28 bits per heavy atom. The lowest BCUT2D eigenvalue weighted by Crippen LogP contribution is -1.93. The lowest BCUT2D eigenvalue weighted by atomic mass is 10.0. The lowest BCUT2D eigenvalue weighted by molar-refractivity contribution is 0.670. The van der Waals surface area contributed by atoms with Gasteiger partial charge >= 0.3 is 0 Å². The van der Waals surface area contributed by atoms with Gasteiger partial charge in [-0.3, -0.25) is 10.1 Å². The normalized spacial score (nSPS) is 29.2. The highest BCUT2D eigenvalue weighted by Crippen LogP contribution is 2.64. The molecule has 0 aliphatic heterocycles. The molecule has 0 aromatic carbocycles. The Labute approximate surface area is 106 Å². The Morgan fingerprint density at radius 3 is 2.83 bits per heavy atom. The number of nitrogens with one attached hydrogen (secondary N) is 1. The summed E-state index contributed by atoms with van der Waals surface area (Å²) in [6.07, 6.45) is 7.76. The van der Waals surface area contributed by atoms with E-state index in [0.717, 1.165) is 23.0 Å². The van der Waals surface area contributed by atoms with Crippen molar-refractivity contribution in [2.45, 2.75) is 25.2 Å². The fraction of sp³-hybridized carbons (Fsp3) is 0.429. The summed E-state index contributed by atoms with van der Waals surface area (Å²) in [6, 6.07) is 4.00. The van der Waals surface area contributed by atoms with Crippen molar-refractivity contribution in [3.63, 3.8) is 0 Å². The molecule has 4 heteroatoms. The van der Waals surface area contributed by atoms with Gasteiger partial charge in [0.2, 0.25) is 0 Å². The van der Waals surface area contributed by atoms with Crippen LogP contribution >= 0.6 is 0 Å². The number of rotatable bonds is 2. The maximum absolute atomic E-state index is 6.02. The van der Waals surface area contributed by atoms with Crippen LogP contribution in [0.4, 0.5) is 5.82 Å². The van der Waals surface area contributed by atoms with Gasteiger partial charge in [0.1, 0.15) is 0 Å². The number of anilines is 1. The highest BCUT2D eigenvalue weighted by atomic mass is 15.2. The van der Waals surface area contributed by atoms with E-state index >= 15 is 0 Å². The van der Waals surface area contributed by atoms with Crippen molar-refractivity contribution in [3.8, 4) is 11.1 Å². The Hall–Kier alpha value is -1.84. The Balaban J connectivity index is 1.77. The summed E-state index contributed by atoms with van der Waals surface area (Å²) in [6.45, 7) is 0. The summed E-state index contributed by atoms with van der Waals surface area (Å²) in [7, 11) is 0. The van der Waals surface area contributed by atoms with Gasteiger partial charge in [-0.2, -0.15) is 5.10 Å². The fourth-order valence-electron chi connectivity index (χ4n) is 3.68. The molecule has 3 N–H and O–H groups in total. The Morgan fingerprint density at radius 2 is 2.11 bits per heavy atom. The molecule has 2 aromatic rings. The predicted molar refractivity (Wildman–Crippen MR) is 69.8 cm³/mol. The Bertz CT molecular complexity index is 565. The van der Waals surface area contributed by atoms with Crippen LogP contribution in [0.15, 0.2) is 24.5 Å². The third-order valence-electron chi connectivity index (χ3n) is 4.51. The van der Waals surface area contributed by atoms with E-state index < -0.39 is 0 Å². The third kappa shape index (κ3) is 1.32. The second kappa shape index (κ2) is 3.57. The number of aromatic nitrogens is 3. The van der Waals surface area contributed by atoms with Crippen LogP contribution in [0.1, 0.15) is 30.9 Å². The zero-order valence-electron chi connectivity index (χ0n) is 10.1. The smallest absolute Gasteiger partial charge is 0.153 e. The highest BCUT2D eigenvalue weighted by Gasteiger charge is 2.54. The van der Waals surface area contributed by atoms with E-state index in [9.17, 15) is 0 Å². The summed E-state index contributed by atoms with van der Waals surface area (Å²) in [5.41, 5.74) is 9.40. The van der Waals surface area contributed by atoms with E-state index in [1.54, 1.807) is 6.20 Å². The maximum atomic E-state index is 6.02. The van der Waals surface area contributed by atoms with Gasteiger partial charge in [-0.1, -0.05) is 12.5 Å². The first kappa shape index (κ1) is 10.1. The Kier molecular flexibility index (Phi) is 2.01. The molecule has 0 radical (unpaired) electrons. The summed E-state index contributed by atoms with van der Waals surface area (Å²) in [5, 5.41) is 7.37. The molecule has 0 amide bonds. The quantitative estimate of drug-likeness (QED) is 0.847. The number of hydrogen-bond donors (Lipinski definition) is 2. The molecule has 2 atom stereocenters. The molecule has 4 nitrogen and oxygen atoms in total. The molecule has 2 aromatic heterocycles. The number of nitrogen functional groups attached to an aromatic ring is 1. The molecule has 0 saturated heterocycles. The predicted octanol–water partition coefficient (Wildman–Crippen LogP) is 2.57. The van der Waals surface area contributed by atoms with Crippen molar-refractivity contribution in [2.75, 3.05) is 5.73 Å². The lowest BCUT2D eigenvalue weighted by Gasteiger charge is -2.05. The van der Waals surface area contributed by atoms with Crippen LogP contribution < -0.4 is 5.73 Å². The van der Waals surface area contributed by atoms with Gasteiger partial charge in [0.05, 0.1) is 0 Å². The van der Waals surface area contributed by atoms with Gasteiger partial charge in [-0.25, -0.2) is 0 Å². The zero-order valence-corrected chi connectivity index (χ0v) is 10.1. The van der Waals surface area contributed by atoms with Gasteiger partial charge in [0, 0.05) is 35.1 Å². The van der Waals surface area contributed by atoms with Crippen LogP contribution in [0.25, 0.3) is 11.1 Å². The van der Waals surface area contributed by atoms with Gasteiger partial charge in [0.25, 0.3) is 0 Å². The van der Waals surface area contributed by atoms with Crippen LogP contribution in [0.2, 0.25) is 0 Å². The number of pyridine rings is 1. The monoisotopic (exact) mass is 240 g/mol. The minimum atomic E-state index is 0.600. The second-order valence-electron chi connectivity index (χ2n) is 5.42. The number of hydrogen-bond acceptors (Lipinski definition) is 3. The molecule has 0 spiro atoms. The first-order chi connectivity index (χ1) is 8.86. The minimum Gasteiger partial charge on any atom is -0.382 e. The topological polar surface area (TPSA) is 67.6 Å². The molecular formula is C14H16N4. The average Bonchev–Trinajstić information content (AvgIpc) is 2.79. The van der Waals surface area contributed by atoms with Crippen molar-refractivity contribution < 1.29 is 0 Å². The van der Waals surface area contributed by atoms with E-state index in [1.807, 2.05) is 12.3 Å². The first-order valence-electron chi connectivity index (χ1n) is 6.60. The van der Waals surface area contributed by atoms with E-state index in [-0.39, 0.29) is 0 Å². The summed E-state index contributed by atoms with van der Waals surface area (Å²) >= 11 is 0. The number of H-pyrrole nitrogens is 1. The summed E-state index contributed by atoms with van der Waals surface area (Å²) in [4.78, 5) is 4.18. The molecule has 4 rings (SSSR count). The number of nitrogens with two attached hydrogens (primary N) is 1. The van der Waals surface area contributed by atoms with E-state index in [1.165, 1.54) is 25.0 Å². The number of nitrogens with zero attached hydrogens (tertiary/aromatic N) is 2. The zero-order chi connectivity index (χ0) is 12.1. The van der Waals surface area contributed by atoms with E-state index in [2.05, 4.69) is 21.2 Å². The van der Waals surface area contributed by atoms with Crippen molar-refractivity contribution in [1.29, 1.82) is 0 Å². The van der Waals surface area contributed by atoms with Gasteiger partial charge in [-0.15, -0.1) is 0 Å². The van der Waals surface area contributed by atoms with Gasteiger partial charge in [-0.05, 0) is 30.7 Å². The van der Waals surface area contributed by atoms with Crippen molar-refractivity contribution in [1.82, 2.24) is 15.2 Å². The standard InChI is InChI=1S/C14H16N4/c15-14-11(8-3-2-6-16-7-8)13(17-18-14)12-9-4-1-5-10(9)12/h2-3,6-7,9-10,12H,1,4-5H2,(H3,15,17,18). The van der Waals surface area contributed by atoms with E-state index in [0.29, 0.717) is 11.7 Å². The molecule has 18 heavy (non-hydrogen) atoms. The second-order valence-corrected chi connectivity index (χ2v) is 5.42. The molecular weight excluding hydrogens is 224 g/mol. The van der Waals surface area contributed by atoms with E-state index in [4.69, 9.17) is 5.73 Å². The third-order valence-corrected chi connectivity index (χ3v) is 4.51. The molecule has 92 valence electrons. The summed E-state index contributed by atoms with van der Waals surface area (Å²) < 4.78 is 0. The van der Waals surface area contributed by atoms with Crippen LogP contribution in [-0.4, -0.2) is 15.2 Å². The molecule has 2 heterocycles. The average molecular weight is 240 g/mol. The molecule has 2 saturated carbocycles. The number of aromatic amines is 1. The summed E-state index contributed by atoms with van der Waals surface area (Å²) in [5.74, 6) is 2.97. The fourth-order valence-corrected chi connectivity index (χ4v) is 3.68. The molecule has 2 fully saturated rings. The van der Waals surface area contributed by atoms with Crippen molar-refractivity contribution >= 4 is 5.82 Å². The molecule has 2 aliphatic carbocycles. The van der Waals surface area contributed by atoms with Crippen LogP contribution in [-0.2, 0) is 0 Å². The number of fused-ring (bicyclic) bond motifs is 1. The van der Waals surface area contributed by atoms with Crippen LogP contribution in [0.3, 0.4) is 0 Å². The van der Waals surface area contributed by atoms with Crippen molar-refractivity contribution in [3.05, 3.63) is 30.2 Å². The maximum Gasteiger partial charge on any atom is 0.153 e. The van der Waals surface area contributed by atoms with Crippen LogP contribution in [0, 0.1) is 11.8 Å². The largest absolute Gasteiger partial charge is 0.382 e. The minimum absolute atomic E-state index is 0.600. The molecule has 2 unspecified atom stereocenters. The van der Waals surface area contributed by atoms with Gasteiger partial charge in [0.15, 0.2) is 5.82 Å². The first-order valence-corrected chi connectivity index (χ1v) is 6.60. The molecule has 2 aliphatic rings.